The van der Waals surface area contributed by atoms with Crippen molar-refractivity contribution in [2.45, 2.75) is 31.3 Å². The number of hydrogen-bond donors (Lipinski definition) is 1. The highest BCUT2D eigenvalue weighted by Gasteiger charge is 2.19. The SMILES string of the molecule is COc1ccc(NC(=O)CSc2nnc(-c3ccc(C(C)(C)C)cc3)n2-c2ccccc2)cc1. The number of carbonyl (C=O) groups excluding carboxylic acids is 1. The number of benzene rings is 3. The van der Waals surface area contributed by atoms with E-state index in [1.807, 2.05) is 59.2 Å². The summed E-state index contributed by atoms with van der Waals surface area (Å²) in [5, 5.41) is 12.5. The van der Waals surface area contributed by atoms with Crippen molar-refractivity contribution >= 4 is 23.4 Å². The molecule has 7 heteroatoms. The Labute approximate surface area is 204 Å². The fourth-order valence-corrected chi connectivity index (χ4v) is 4.23. The number of methoxy groups -OCH3 is 1. The monoisotopic (exact) mass is 472 g/mol. The molecule has 0 aliphatic carbocycles. The van der Waals surface area contributed by atoms with E-state index in [-0.39, 0.29) is 17.1 Å². The summed E-state index contributed by atoms with van der Waals surface area (Å²) in [6.07, 6.45) is 0. The summed E-state index contributed by atoms with van der Waals surface area (Å²) in [5.41, 5.74) is 3.96. The highest BCUT2D eigenvalue weighted by molar-refractivity contribution is 7.99. The van der Waals surface area contributed by atoms with Gasteiger partial charge in [-0.15, -0.1) is 10.2 Å². The van der Waals surface area contributed by atoms with E-state index in [9.17, 15) is 4.79 Å². The van der Waals surface area contributed by atoms with Gasteiger partial charge >= 0.3 is 0 Å². The van der Waals surface area contributed by atoms with Crippen molar-refractivity contribution in [2.75, 3.05) is 18.2 Å². The van der Waals surface area contributed by atoms with E-state index in [2.05, 4.69) is 60.6 Å². The predicted molar refractivity (Wildman–Crippen MR) is 138 cm³/mol. The molecule has 0 bridgehead atoms. The summed E-state index contributed by atoms with van der Waals surface area (Å²) < 4.78 is 7.16. The maximum absolute atomic E-state index is 12.6. The molecule has 174 valence electrons. The Morgan fingerprint density at radius 1 is 0.941 bits per heavy atom. The van der Waals surface area contributed by atoms with Crippen LogP contribution in [0.2, 0.25) is 0 Å². The lowest BCUT2D eigenvalue weighted by Crippen LogP contribution is -2.14. The molecule has 0 saturated heterocycles. The lowest BCUT2D eigenvalue weighted by Gasteiger charge is -2.19. The minimum Gasteiger partial charge on any atom is -0.497 e. The molecular weight excluding hydrogens is 444 g/mol. The zero-order chi connectivity index (χ0) is 24.1. The third-order valence-electron chi connectivity index (χ3n) is 5.36. The first-order valence-electron chi connectivity index (χ1n) is 11.0. The number of ether oxygens (including phenoxy) is 1. The van der Waals surface area contributed by atoms with Gasteiger partial charge in [-0.3, -0.25) is 9.36 Å². The van der Waals surface area contributed by atoms with Crippen LogP contribution in [-0.2, 0) is 10.2 Å². The quantitative estimate of drug-likeness (QED) is 0.336. The van der Waals surface area contributed by atoms with Gasteiger partial charge in [-0.1, -0.05) is 75.0 Å². The molecule has 0 saturated carbocycles. The van der Waals surface area contributed by atoms with Crippen LogP contribution in [-0.4, -0.2) is 33.5 Å². The Bertz CT molecular complexity index is 1240. The first-order valence-corrected chi connectivity index (χ1v) is 12.0. The number of nitrogens with zero attached hydrogens (tertiary/aromatic N) is 3. The Morgan fingerprint density at radius 2 is 1.62 bits per heavy atom. The maximum atomic E-state index is 12.6. The summed E-state index contributed by atoms with van der Waals surface area (Å²) in [4.78, 5) is 12.6. The lowest BCUT2D eigenvalue weighted by atomic mass is 9.87. The summed E-state index contributed by atoms with van der Waals surface area (Å²) >= 11 is 1.35. The van der Waals surface area contributed by atoms with Crippen molar-refractivity contribution < 1.29 is 9.53 Å². The normalized spacial score (nSPS) is 11.3. The second-order valence-corrected chi connectivity index (χ2v) is 9.81. The maximum Gasteiger partial charge on any atom is 0.234 e. The third-order valence-corrected chi connectivity index (χ3v) is 6.29. The van der Waals surface area contributed by atoms with Crippen molar-refractivity contribution in [3.05, 3.63) is 84.4 Å². The van der Waals surface area contributed by atoms with Crippen LogP contribution < -0.4 is 10.1 Å². The number of anilines is 1. The number of para-hydroxylation sites is 1. The summed E-state index contributed by atoms with van der Waals surface area (Å²) in [5.74, 6) is 1.57. The van der Waals surface area contributed by atoms with Gasteiger partial charge in [0.1, 0.15) is 5.75 Å². The van der Waals surface area contributed by atoms with Crippen molar-refractivity contribution in [1.29, 1.82) is 0 Å². The molecule has 1 aromatic heterocycles. The Morgan fingerprint density at radius 3 is 2.24 bits per heavy atom. The average molecular weight is 473 g/mol. The van der Waals surface area contributed by atoms with Crippen LogP contribution in [0.15, 0.2) is 84.0 Å². The van der Waals surface area contributed by atoms with Crippen LogP contribution in [0.3, 0.4) is 0 Å². The third kappa shape index (κ3) is 5.48. The predicted octanol–water partition coefficient (Wildman–Crippen LogP) is 5.97. The number of rotatable bonds is 7. The zero-order valence-corrected chi connectivity index (χ0v) is 20.6. The number of nitrogens with one attached hydrogen (secondary N) is 1. The molecule has 0 aliphatic rings. The Balaban J connectivity index is 1.56. The Hall–Kier alpha value is -3.58. The second-order valence-electron chi connectivity index (χ2n) is 8.87. The van der Waals surface area contributed by atoms with Crippen molar-refractivity contribution in [1.82, 2.24) is 14.8 Å². The van der Waals surface area contributed by atoms with Crippen molar-refractivity contribution in [3.63, 3.8) is 0 Å². The number of carbonyl (C=O) groups is 1. The minimum absolute atomic E-state index is 0.0733. The van der Waals surface area contributed by atoms with Gasteiger partial charge in [0.05, 0.1) is 12.9 Å². The van der Waals surface area contributed by atoms with E-state index in [4.69, 9.17) is 4.74 Å². The van der Waals surface area contributed by atoms with Gasteiger partial charge in [-0.05, 0) is 47.4 Å². The van der Waals surface area contributed by atoms with Gasteiger partial charge in [-0.2, -0.15) is 0 Å². The molecule has 1 heterocycles. The molecule has 4 aromatic rings. The number of hydrogen-bond acceptors (Lipinski definition) is 5. The molecular formula is C27H28N4O2S. The van der Waals surface area contributed by atoms with Crippen LogP contribution >= 0.6 is 11.8 Å². The molecule has 0 spiro atoms. The second kappa shape index (κ2) is 10.1. The largest absolute Gasteiger partial charge is 0.497 e. The summed E-state index contributed by atoms with van der Waals surface area (Å²) in [6, 6.07) is 25.6. The lowest BCUT2D eigenvalue weighted by molar-refractivity contribution is -0.113. The molecule has 0 fully saturated rings. The van der Waals surface area contributed by atoms with E-state index < -0.39 is 0 Å². The fraction of sp³-hybridized carbons (Fsp3) is 0.222. The number of amides is 1. The van der Waals surface area contributed by atoms with Crippen molar-refractivity contribution in [3.8, 4) is 22.8 Å². The zero-order valence-electron chi connectivity index (χ0n) is 19.8. The van der Waals surface area contributed by atoms with Gasteiger partial charge in [-0.25, -0.2) is 0 Å². The number of aromatic nitrogens is 3. The molecule has 1 amide bonds. The van der Waals surface area contributed by atoms with E-state index in [1.54, 1.807) is 7.11 Å². The van der Waals surface area contributed by atoms with Gasteiger partial charge in [0.25, 0.3) is 0 Å². The molecule has 0 aliphatic heterocycles. The molecule has 0 unspecified atom stereocenters. The molecule has 1 N–H and O–H groups in total. The van der Waals surface area contributed by atoms with Crippen LogP contribution in [0.4, 0.5) is 5.69 Å². The molecule has 0 atom stereocenters. The molecule has 4 rings (SSSR count). The van der Waals surface area contributed by atoms with E-state index in [1.165, 1.54) is 17.3 Å². The summed E-state index contributed by atoms with van der Waals surface area (Å²) in [7, 11) is 1.61. The van der Waals surface area contributed by atoms with Gasteiger partial charge in [0.15, 0.2) is 11.0 Å². The standard InChI is InChI=1S/C27H28N4O2S/c1-27(2,3)20-12-10-19(11-13-20)25-29-30-26(31(25)22-8-6-5-7-9-22)34-18-24(32)28-21-14-16-23(33-4)17-15-21/h5-17H,18H2,1-4H3,(H,28,32). The van der Waals surface area contributed by atoms with Crippen LogP contribution in [0.1, 0.15) is 26.3 Å². The van der Waals surface area contributed by atoms with Crippen LogP contribution in [0.25, 0.3) is 17.1 Å². The molecule has 0 radical (unpaired) electrons. The molecule has 34 heavy (non-hydrogen) atoms. The van der Waals surface area contributed by atoms with E-state index in [0.717, 1.165) is 28.5 Å². The van der Waals surface area contributed by atoms with Gasteiger partial charge in [0.2, 0.25) is 5.91 Å². The van der Waals surface area contributed by atoms with Crippen LogP contribution in [0.5, 0.6) is 5.75 Å². The number of thioether (sulfide) groups is 1. The van der Waals surface area contributed by atoms with Crippen molar-refractivity contribution in [2.24, 2.45) is 0 Å². The van der Waals surface area contributed by atoms with Crippen LogP contribution in [0, 0.1) is 0 Å². The minimum atomic E-state index is -0.117. The topological polar surface area (TPSA) is 69.0 Å². The first-order chi connectivity index (χ1) is 16.3. The molecule has 3 aromatic carbocycles. The van der Waals surface area contributed by atoms with E-state index in [0.29, 0.717) is 5.16 Å². The highest BCUT2D eigenvalue weighted by atomic mass is 32.2. The fourth-order valence-electron chi connectivity index (χ4n) is 3.48. The van der Waals surface area contributed by atoms with E-state index >= 15 is 0 Å². The summed E-state index contributed by atoms with van der Waals surface area (Å²) in [6.45, 7) is 6.58. The molecule has 6 nitrogen and oxygen atoms in total. The van der Waals surface area contributed by atoms with Gasteiger partial charge in [0, 0.05) is 16.9 Å². The Kier molecular flexibility index (Phi) is 7.03. The average Bonchev–Trinajstić information content (AvgIpc) is 3.27. The van der Waals surface area contributed by atoms with Gasteiger partial charge < -0.3 is 10.1 Å². The smallest absolute Gasteiger partial charge is 0.234 e. The first kappa shape index (κ1) is 23.6. The highest BCUT2D eigenvalue weighted by Crippen LogP contribution is 2.30.